The van der Waals surface area contributed by atoms with Crippen LogP contribution in [-0.4, -0.2) is 58.7 Å². The zero-order valence-electron chi connectivity index (χ0n) is 24.2. The summed E-state index contributed by atoms with van der Waals surface area (Å²) in [7, 11) is 0. The number of hydrogen-bond donors (Lipinski definition) is 4. The van der Waals surface area contributed by atoms with E-state index in [1.807, 2.05) is 30.7 Å². The Labute approximate surface area is 236 Å². The number of aryl methyl sites for hydroxylation is 1. The van der Waals surface area contributed by atoms with Gasteiger partial charge in [0.25, 0.3) is 5.91 Å². The van der Waals surface area contributed by atoms with E-state index in [2.05, 4.69) is 24.5 Å². The topological polar surface area (TPSA) is 154 Å². The number of amides is 1. The molecule has 10 heteroatoms. The first-order valence-electron chi connectivity index (χ1n) is 14.5. The van der Waals surface area contributed by atoms with Crippen LogP contribution in [0.25, 0.3) is 5.69 Å². The van der Waals surface area contributed by atoms with Crippen LogP contribution in [0, 0.1) is 5.41 Å². The number of nitrogens with zero attached hydrogens (tertiary/aromatic N) is 2. The molecule has 0 unspecified atom stereocenters. The molecule has 1 fully saturated rings. The van der Waals surface area contributed by atoms with Crippen molar-refractivity contribution in [3.05, 3.63) is 40.7 Å². The molecule has 0 radical (unpaired) electrons. The van der Waals surface area contributed by atoms with Gasteiger partial charge in [-0.1, -0.05) is 20.8 Å². The first kappa shape index (κ1) is 29.7. The molecule has 1 amide bonds. The molecule has 2 aliphatic rings. The lowest BCUT2D eigenvalue weighted by Crippen LogP contribution is -2.39. The van der Waals surface area contributed by atoms with E-state index < -0.39 is 5.91 Å². The van der Waals surface area contributed by atoms with Gasteiger partial charge in [-0.25, -0.2) is 4.68 Å². The summed E-state index contributed by atoms with van der Waals surface area (Å²) in [4.78, 5) is 37.8. The zero-order valence-corrected chi connectivity index (χ0v) is 24.2. The Morgan fingerprint density at radius 2 is 1.93 bits per heavy atom. The Morgan fingerprint density at radius 3 is 2.58 bits per heavy atom. The third-order valence-electron chi connectivity index (χ3n) is 7.97. The molecule has 1 saturated carbocycles. The summed E-state index contributed by atoms with van der Waals surface area (Å²) in [6.45, 7) is 9.28. The Kier molecular flexibility index (Phi) is 9.30. The van der Waals surface area contributed by atoms with Gasteiger partial charge < -0.3 is 26.8 Å². The minimum atomic E-state index is -0.513. The number of nitrogens with two attached hydrogens (primary N) is 2. The molecule has 40 heavy (non-hydrogen) atoms. The van der Waals surface area contributed by atoms with E-state index in [-0.39, 0.29) is 35.4 Å². The summed E-state index contributed by atoms with van der Waals surface area (Å²) >= 11 is 0. The number of carbonyl (C=O) groups excluding carboxylic acids is 3. The van der Waals surface area contributed by atoms with Crippen LogP contribution in [0.5, 0.6) is 0 Å². The molecule has 0 saturated heterocycles. The molecule has 2 aliphatic carbocycles. The Morgan fingerprint density at radius 1 is 1.20 bits per heavy atom. The number of benzene rings is 1. The van der Waals surface area contributed by atoms with Gasteiger partial charge in [0.1, 0.15) is 12.1 Å². The molecular formula is C30H44N6O4. The lowest BCUT2D eigenvalue weighted by atomic mass is 9.75. The van der Waals surface area contributed by atoms with Crippen molar-refractivity contribution in [2.45, 2.75) is 97.2 Å². The van der Waals surface area contributed by atoms with Gasteiger partial charge in [-0.15, -0.1) is 0 Å². The molecule has 1 heterocycles. The summed E-state index contributed by atoms with van der Waals surface area (Å²) < 4.78 is 7.60. The third kappa shape index (κ3) is 6.72. The van der Waals surface area contributed by atoms with Gasteiger partial charge in [0.2, 0.25) is 0 Å². The predicted octanol–water partition coefficient (Wildman–Crippen LogP) is 3.28. The normalized spacial score (nSPS) is 21.0. The van der Waals surface area contributed by atoms with Crippen LogP contribution in [-0.2, 0) is 22.4 Å². The van der Waals surface area contributed by atoms with E-state index in [0.29, 0.717) is 37.2 Å². The highest BCUT2D eigenvalue weighted by atomic mass is 16.5. The maximum atomic E-state index is 13.0. The highest BCUT2D eigenvalue weighted by Crippen LogP contribution is 2.38. The number of carbonyl (C=O) groups is 3. The lowest BCUT2D eigenvalue weighted by Gasteiger charge is -2.31. The SMILES string of the molecule is CCc1nn(-c2ccc(C(N)=O)c(N[C@H]3CC[C@H](OC(=O)[C@H](C)NCCCN)CC3)c2)c2c1C(=O)CC(C)(C)C2. The van der Waals surface area contributed by atoms with Crippen LogP contribution in [0.3, 0.4) is 0 Å². The summed E-state index contributed by atoms with van der Waals surface area (Å²) in [5, 5.41) is 11.5. The molecule has 6 N–H and O–H groups in total. The Balaban J connectivity index is 1.48. The fourth-order valence-electron chi connectivity index (χ4n) is 5.80. The molecule has 0 bridgehead atoms. The van der Waals surface area contributed by atoms with Gasteiger partial charge in [-0.2, -0.15) is 5.10 Å². The number of anilines is 1. The second kappa shape index (κ2) is 12.5. The molecule has 1 aromatic carbocycles. The highest BCUT2D eigenvalue weighted by Gasteiger charge is 2.36. The number of esters is 1. The number of ether oxygens (including phenoxy) is 1. The van der Waals surface area contributed by atoms with Crippen molar-refractivity contribution in [1.29, 1.82) is 0 Å². The lowest BCUT2D eigenvalue weighted by molar-refractivity contribution is -0.152. The van der Waals surface area contributed by atoms with Gasteiger partial charge in [0.15, 0.2) is 5.78 Å². The summed E-state index contributed by atoms with van der Waals surface area (Å²) in [5.41, 5.74) is 15.4. The third-order valence-corrected chi connectivity index (χ3v) is 7.97. The minimum absolute atomic E-state index is 0.0988. The fourth-order valence-corrected chi connectivity index (χ4v) is 5.80. The van der Waals surface area contributed by atoms with Crippen LogP contribution < -0.4 is 22.1 Å². The molecule has 0 aliphatic heterocycles. The van der Waals surface area contributed by atoms with Crippen LogP contribution in [0.4, 0.5) is 5.69 Å². The van der Waals surface area contributed by atoms with Crippen LogP contribution in [0.15, 0.2) is 18.2 Å². The van der Waals surface area contributed by atoms with Gasteiger partial charge in [0.05, 0.1) is 28.2 Å². The molecule has 218 valence electrons. The quantitative estimate of drug-likeness (QED) is 0.245. The molecule has 4 rings (SSSR count). The molecule has 1 atom stereocenters. The maximum Gasteiger partial charge on any atom is 0.323 e. The fraction of sp³-hybridized carbons (Fsp3) is 0.600. The summed E-state index contributed by atoms with van der Waals surface area (Å²) in [6, 6.07) is 5.19. The van der Waals surface area contributed by atoms with Crippen molar-refractivity contribution < 1.29 is 19.1 Å². The van der Waals surface area contributed by atoms with Crippen LogP contribution in [0.1, 0.15) is 98.3 Å². The summed E-state index contributed by atoms with van der Waals surface area (Å²) in [6.07, 6.45) is 5.63. The number of aromatic nitrogens is 2. The average molecular weight is 553 g/mol. The molecule has 10 nitrogen and oxygen atoms in total. The first-order valence-corrected chi connectivity index (χ1v) is 14.5. The monoisotopic (exact) mass is 552 g/mol. The Bertz CT molecular complexity index is 1250. The first-order chi connectivity index (χ1) is 19.0. The van der Waals surface area contributed by atoms with Crippen molar-refractivity contribution in [2.75, 3.05) is 18.4 Å². The number of nitrogens with one attached hydrogen (secondary N) is 2. The standard InChI is InChI=1S/C30H44N6O4/c1-5-23-27-25(16-30(3,4)17-26(27)37)36(35-23)20-9-12-22(28(32)38)24(15-20)34-19-7-10-21(11-8-19)40-29(39)18(2)33-14-6-13-31/h9,12,15,18-19,21,33-34H,5-8,10-11,13-14,16-17,31H2,1-4H3,(H2,32,38)/t18-,19-,21-/m0/s1. The zero-order chi connectivity index (χ0) is 29.0. The van der Waals surface area contributed by atoms with Crippen molar-refractivity contribution >= 4 is 23.3 Å². The molecule has 0 spiro atoms. The average Bonchev–Trinajstić information content (AvgIpc) is 3.27. The minimum Gasteiger partial charge on any atom is -0.461 e. The van der Waals surface area contributed by atoms with E-state index in [0.717, 1.165) is 61.2 Å². The largest absolute Gasteiger partial charge is 0.461 e. The van der Waals surface area contributed by atoms with Crippen molar-refractivity contribution in [3.63, 3.8) is 0 Å². The maximum absolute atomic E-state index is 13.0. The molecular weight excluding hydrogens is 508 g/mol. The number of ketones is 1. The number of primary amides is 1. The van der Waals surface area contributed by atoms with Crippen molar-refractivity contribution in [2.24, 2.45) is 16.9 Å². The molecule has 1 aromatic heterocycles. The van der Waals surface area contributed by atoms with Gasteiger partial charge in [0, 0.05) is 18.2 Å². The van der Waals surface area contributed by atoms with Crippen LogP contribution >= 0.6 is 0 Å². The summed E-state index contributed by atoms with van der Waals surface area (Å²) in [5.74, 6) is -0.617. The van der Waals surface area contributed by atoms with E-state index in [9.17, 15) is 14.4 Å². The number of Topliss-reactive ketones (excluding diaryl/α,β-unsaturated/α-hetero) is 1. The predicted molar refractivity (Wildman–Crippen MR) is 155 cm³/mol. The van der Waals surface area contributed by atoms with Gasteiger partial charge in [-0.3, -0.25) is 14.4 Å². The van der Waals surface area contributed by atoms with Crippen molar-refractivity contribution in [3.8, 4) is 5.69 Å². The van der Waals surface area contributed by atoms with Gasteiger partial charge in [-0.05, 0) is 88.6 Å². The van der Waals surface area contributed by atoms with E-state index in [1.54, 1.807) is 6.07 Å². The van der Waals surface area contributed by atoms with Gasteiger partial charge >= 0.3 is 5.97 Å². The number of fused-ring (bicyclic) bond motifs is 1. The highest BCUT2D eigenvalue weighted by molar-refractivity contribution is 6.00. The molecule has 2 aromatic rings. The van der Waals surface area contributed by atoms with E-state index in [4.69, 9.17) is 21.3 Å². The van der Waals surface area contributed by atoms with Crippen LogP contribution in [0.2, 0.25) is 0 Å². The second-order valence-corrected chi connectivity index (χ2v) is 11.9. The van der Waals surface area contributed by atoms with E-state index >= 15 is 0 Å². The smallest absolute Gasteiger partial charge is 0.323 e. The number of hydrogen-bond acceptors (Lipinski definition) is 8. The number of rotatable bonds is 11. The van der Waals surface area contributed by atoms with E-state index in [1.165, 1.54) is 0 Å². The second-order valence-electron chi connectivity index (χ2n) is 11.9. The van der Waals surface area contributed by atoms with Crippen molar-refractivity contribution in [1.82, 2.24) is 15.1 Å². The Hall–Kier alpha value is -3.24.